The van der Waals surface area contributed by atoms with Crippen LogP contribution in [-0.4, -0.2) is 51.9 Å². The summed E-state index contributed by atoms with van der Waals surface area (Å²) in [5, 5.41) is 26.7. The molecule has 1 fully saturated rings. The Hall–Kier alpha value is -4.08. The number of fused-ring (bicyclic) bond motifs is 1. The summed E-state index contributed by atoms with van der Waals surface area (Å²) in [5.41, 5.74) is 2.79. The quantitative estimate of drug-likeness (QED) is 0.257. The molecule has 3 aromatic rings. The van der Waals surface area contributed by atoms with Crippen LogP contribution in [0.3, 0.4) is 0 Å². The van der Waals surface area contributed by atoms with Crippen molar-refractivity contribution in [3.05, 3.63) is 60.0 Å². The molecule has 1 aliphatic carbocycles. The molecule has 4 rings (SSSR count). The number of aromatic amines is 1. The highest BCUT2D eigenvalue weighted by Crippen LogP contribution is 2.34. The molecule has 2 unspecified atom stereocenters. The van der Waals surface area contributed by atoms with Crippen molar-refractivity contribution in [3.63, 3.8) is 0 Å². The molecule has 6 N–H and O–H groups in total. The minimum Gasteiger partial charge on any atom is -0.465 e. The number of aromatic nitrogens is 1. The molecule has 2 atom stereocenters. The zero-order chi connectivity index (χ0) is 24.9. The van der Waals surface area contributed by atoms with Crippen LogP contribution in [0.4, 0.5) is 14.0 Å². The second-order valence-electron chi connectivity index (χ2n) is 8.82. The van der Waals surface area contributed by atoms with E-state index in [2.05, 4.69) is 20.9 Å². The smallest absolute Gasteiger partial charge is 0.404 e. The Bertz CT molecular complexity index is 1220. The van der Waals surface area contributed by atoms with Crippen LogP contribution < -0.4 is 16.0 Å². The van der Waals surface area contributed by atoms with Gasteiger partial charge >= 0.3 is 12.2 Å². The molecule has 0 radical (unpaired) electrons. The van der Waals surface area contributed by atoms with Gasteiger partial charge in [0.15, 0.2) is 0 Å². The molecule has 0 aliphatic heterocycles. The molecule has 1 heterocycles. The summed E-state index contributed by atoms with van der Waals surface area (Å²) < 4.78 is 13.2. The number of carbonyl (C=O) groups excluding carboxylic acids is 1. The SMILES string of the molecule is O=C(O)NC(CCC(NC(=O)O)C1CC1)CNC(=O)c1cc2ccc(-c3ccc(F)cc3)cc2[nH]1. The number of nitrogens with one attached hydrogen (secondary N) is 4. The predicted molar refractivity (Wildman–Crippen MR) is 128 cm³/mol. The maximum absolute atomic E-state index is 13.2. The van der Waals surface area contributed by atoms with Crippen LogP contribution in [0, 0.1) is 11.7 Å². The van der Waals surface area contributed by atoms with Crippen molar-refractivity contribution >= 4 is 29.0 Å². The number of hydrogen-bond donors (Lipinski definition) is 6. The van der Waals surface area contributed by atoms with Crippen molar-refractivity contribution < 1.29 is 29.0 Å². The average Bonchev–Trinajstić information content (AvgIpc) is 3.57. The first kappa shape index (κ1) is 24.1. The van der Waals surface area contributed by atoms with E-state index in [0.717, 1.165) is 34.9 Å². The van der Waals surface area contributed by atoms with Gasteiger partial charge in [-0.3, -0.25) is 4.79 Å². The van der Waals surface area contributed by atoms with Gasteiger partial charge in [0.25, 0.3) is 5.91 Å². The standard InChI is InChI=1S/C25H27FN4O5/c26-18-7-5-14(6-8-18)16-3-4-17-12-22(29-21(17)11-16)23(31)27-13-19(28-24(32)33)9-10-20(15-1-2-15)30-25(34)35/h3-8,11-12,15,19-20,28-30H,1-2,9-10,13H2,(H,27,31)(H,32,33)(H,34,35). The summed E-state index contributed by atoms with van der Waals surface area (Å²) in [4.78, 5) is 38.1. The molecule has 0 saturated heterocycles. The summed E-state index contributed by atoms with van der Waals surface area (Å²) in [7, 11) is 0. The first-order chi connectivity index (χ1) is 16.8. The van der Waals surface area contributed by atoms with E-state index in [-0.39, 0.29) is 30.2 Å². The van der Waals surface area contributed by atoms with Gasteiger partial charge < -0.3 is 31.1 Å². The molecule has 35 heavy (non-hydrogen) atoms. The van der Waals surface area contributed by atoms with E-state index >= 15 is 0 Å². The van der Waals surface area contributed by atoms with Crippen LogP contribution >= 0.6 is 0 Å². The van der Waals surface area contributed by atoms with Crippen molar-refractivity contribution in [2.45, 2.75) is 37.8 Å². The lowest BCUT2D eigenvalue weighted by Crippen LogP contribution is -2.44. The molecule has 2 aromatic carbocycles. The zero-order valence-corrected chi connectivity index (χ0v) is 18.9. The van der Waals surface area contributed by atoms with Crippen LogP contribution in [0.1, 0.15) is 36.2 Å². The number of hydrogen-bond acceptors (Lipinski definition) is 3. The third kappa shape index (κ3) is 6.50. The molecule has 1 aromatic heterocycles. The van der Waals surface area contributed by atoms with Gasteiger partial charge in [0.05, 0.1) is 0 Å². The fraction of sp³-hybridized carbons (Fsp3) is 0.320. The highest BCUT2D eigenvalue weighted by atomic mass is 19.1. The summed E-state index contributed by atoms with van der Waals surface area (Å²) in [6.45, 7) is 0.0613. The van der Waals surface area contributed by atoms with E-state index in [1.165, 1.54) is 12.1 Å². The van der Waals surface area contributed by atoms with E-state index in [1.807, 2.05) is 18.2 Å². The van der Waals surface area contributed by atoms with E-state index in [4.69, 9.17) is 10.2 Å². The van der Waals surface area contributed by atoms with Gasteiger partial charge in [0.2, 0.25) is 0 Å². The Balaban J connectivity index is 1.39. The van der Waals surface area contributed by atoms with Crippen LogP contribution in [0.5, 0.6) is 0 Å². The highest BCUT2D eigenvalue weighted by Gasteiger charge is 2.32. The predicted octanol–water partition coefficient (Wildman–Crippen LogP) is 4.17. The lowest BCUT2D eigenvalue weighted by molar-refractivity contribution is 0.0943. The maximum Gasteiger partial charge on any atom is 0.404 e. The summed E-state index contributed by atoms with van der Waals surface area (Å²) in [5.74, 6) is -0.424. The van der Waals surface area contributed by atoms with E-state index in [9.17, 15) is 18.8 Å². The summed E-state index contributed by atoms with van der Waals surface area (Å²) in [6.07, 6.45) is 0.430. The van der Waals surface area contributed by atoms with Crippen molar-refractivity contribution in [2.75, 3.05) is 6.54 Å². The topological polar surface area (TPSA) is 144 Å². The monoisotopic (exact) mass is 482 g/mol. The zero-order valence-electron chi connectivity index (χ0n) is 18.9. The van der Waals surface area contributed by atoms with Crippen LogP contribution in [-0.2, 0) is 0 Å². The number of benzene rings is 2. The van der Waals surface area contributed by atoms with Gasteiger partial charge in [-0.1, -0.05) is 24.3 Å². The van der Waals surface area contributed by atoms with Crippen molar-refractivity contribution in [1.82, 2.24) is 20.9 Å². The van der Waals surface area contributed by atoms with Gasteiger partial charge in [0, 0.05) is 29.5 Å². The minimum atomic E-state index is -1.21. The molecule has 0 bridgehead atoms. The highest BCUT2D eigenvalue weighted by molar-refractivity contribution is 5.98. The lowest BCUT2D eigenvalue weighted by Gasteiger charge is -2.21. The molecule has 9 nitrogen and oxygen atoms in total. The summed E-state index contributed by atoms with van der Waals surface area (Å²) in [6, 6.07) is 12.7. The molecule has 0 spiro atoms. The lowest BCUT2D eigenvalue weighted by atomic mass is 10.0. The van der Waals surface area contributed by atoms with Crippen molar-refractivity contribution in [3.8, 4) is 11.1 Å². The Morgan fingerprint density at radius 2 is 1.63 bits per heavy atom. The molecular formula is C25H27FN4O5. The first-order valence-electron chi connectivity index (χ1n) is 11.4. The van der Waals surface area contributed by atoms with Gasteiger partial charge in [-0.15, -0.1) is 0 Å². The fourth-order valence-corrected chi connectivity index (χ4v) is 4.25. The Labute approximate surface area is 200 Å². The van der Waals surface area contributed by atoms with Gasteiger partial charge in [-0.25, -0.2) is 14.0 Å². The third-order valence-corrected chi connectivity index (χ3v) is 6.21. The molecule has 1 aliphatic rings. The van der Waals surface area contributed by atoms with Crippen molar-refractivity contribution in [1.29, 1.82) is 0 Å². The van der Waals surface area contributed by atoms with E-state index in [1.54, 1.807) is 18.2 Å². The van der Waals surface area contributed by atoms with E-state index < -0.39 is 18.2 Å². The fourth-order valence-electron chi connectivity index (χ4n) is 4.25. The number of H-pyrrole nitrogens is 1. The van der Waals surface area contributed by atoms with Crippen LogP contribution in [0.15, 0.2) is 48.5 Å². The number of carboxylic acid groups (broad SMARTS) is 2. The largest absolute Gasteiger partial charge is 0.465 e. The summed E-state index contributed by atoms with van der Waals surface area (Å²) >= 11 is 0. The normalized spacial score (nSPS) is 14.8. The molecular weight excluding hydrogens is 455 g/mol. The Morgan fingerprint density at radius 1 is 0.943 bits per heavy atom. The third-order valence-electron chi connectivity index (χ3n) is 6.21. The maximum atomic E-state index is 13.2. The van der Waals surface area contributed by atoms with Crippen molar-refractivity contribution in [2.24, 2.45) is 5.92 Å². The second-order valence-corrected chi connectivity index (χ2v) is 8.82. The molecule has 3 amide bonds. The average molecular weight is 483 g/mol. The number of rotatable bonds is 10. The molecule has 10 heteroatoms. The van der Waals surface area contributed by atoms with Gasteiger partial charge in [0.1, 0.15) is 11.5 Å². The first-order valence-corrected chi connectivity index (χ1v) is 11.4. The Morgan fingerprint density at radius 3 is 2.29 bits per heavy atom. The number of halogens is 1. The minimum absolute atomic E-state index is 0.0613. The molecule has 1 saturated carbocycles. The number of carbonyl (C=O) groups is 3. The Kier molecular flexibility index (Phi) is 7.19. The second kappa shape index (κ2) is 10.5. The van der Waals surface area contributed by atoms with Gasteiger partial charge in [-0.05, 0) is 67.0 Å². The van der Waals surface area contributed by atoms with Gasteiger partial charge in [-0.2, -0.15) is 0 Å². The van der Waals surface area contributed by atoms with E-state index in [0.29, 0.717) is 18.5 Å². The molecule has 184 valence electrons. The van der Waals surface area contributed by atoms with Crippen LogP contribution in [0.25, 0.3) is 22.0 Å². The number of amides is 3. The van der Waals surface area contributed by atoms with Crippen LogP contribution in [0.2, 0.25) is 0 Å².